The van der Waals surface area contributed by atoms with Crippen molar-refractivity contribution in [2.75, 3.05) is 25.5 Å². The molecule has 0 aliphatic carbocycles. The summed E-state index contributed by atoms with van der Waals surface area (Å²) in [4.78, 5) is 21.9. The van der Waals surface area contributed by atoms with Gasteiger partial charge in [0.2, 0.25) is 0 Å². The first-order chi connectivity index (χ1) is 16.7. The summed E-state index contributed by atoms with van der Waals surface area (Å²) in [7, 11) is -2.09. The van der Waals surface area contributed by atoms with Crippen LogP contribution in [-0.4, -0.2) is 70.6 Å². The van der Waals surface area contributed by atoms with E-state index in [0.717, 1.165) is 0 Å². The average molecular weight is 498 g/mol. The van der Waals surface area contributed by atoms with Crippen molar-refractivity contribution in [2.45, 2.75) is 38.8 Å². The summed E-state index contributed by atoms with van der Waals surface area (Å²) in [5.41, 5.74) is 1.96. The number of piperidine rings is 1. The number of anilines is 1. The number of aromatic nitrogens is 4. The molecule has 4 rings (SSSR count). The van der Waals surface area contributed by atoms with Crippen LogP contribution in [0.1, 0.15) is 42.6 Å². The van der Waals surface area contributed by atoms with E-state index in [1.807, 2.05) is 13.8 Å². The number of hydrogen-bond acceptors (Lipinski definition) is 8. The molecule has 12 nitrogen and oxygen atoms in total. The molecule has 1 fully saturated rings. The van der Waals surface area contributed by atoms with Crippen molar-refractivity contribution in [1.82, 2.24) is 34.1 Å². The maximum atomic E-state index is 13.1. The number of nitriles is 1. The zero-order chi connectivity index (χ0) is 25.2. The number of carbonyl (C=O) groups excluding carboxylic acids is 1. The molecule has 184 valence electrons. The normalized spacial score (nSPS) is 15.3. The highest BCUT2D eigenvalue weighted by molar-refractivity contribution is 7.87. The predicted octanol–water partition coefficient (Wildman–Crippen LogP) is 1.17. The third kappa shape index (κ3) is 5.24. The van der Waals surface area contributed by atoms with Crippen LogP contribution in [0.25, 0.3) is 16.9 Å². The maximum absolute atomic E-state index is 13.1. The average Bonchev–Trinajstić information content (AvgIpc) is 3.27. The molecule has 3 N–H and O–H groups in total. The molecule has 1 aliphatic rings. The highest BCUT2D eigenvalue weighted by Crippen LogP contribution is 2.23. The largest absolute Gasteiger partial charge is 0.382 e. The minimum absolute atomic E-state index is 0.0532. The number of amides is 1. The number of rotatable bonds is 7. The fourth-order valence-electron chi connectivity index (χ4n) is 3.95. The van der Waals surface area contributed by atoms with Crippen molar-refractivity contribution in [3.8, 4) is 11.9 Å². The molecule has 1 aliphatic heterocycles. The Morgan fingerprint density at radius 1 is 1.17 bits per heavy atom. The van der Waals surface area contributed by atoms with Crippen LogP contribution in [0.3, 0.4) is 0 Å². The van der Waals surface area contributed by atoms with Gasteiger partial charge >= 0.3 is 0 Å². The number of carbonyl (C=O) groups is 1. The summed E-state index contributed by atoms with van der Waals surface area (Å²) in [5.74, 6) is 0.187. The predicted molar refractivity (Wildman–Crippen MR) is 130 cm³/mol. The van der Waals surface area contributed by atoms with Gasteiger partial charge in [-0.2, -0.15) is 27.8 Å². The van der Waals surface area contributed by atoms with E-state index >= 15 is 0 Å². The first kappa shape index (κ1) is 24.5. The van der Waals surface area contributed by atoms with Gasteiger partial charge in [0.05, 0.1) is 23.0 Å². The van der Waals surface area contributed by atoms with Crippen molar-refractivity contribution in [2.24, 2.45) is 0 Å². The number of nitrogens with one attached hydrogen (secondary N) is 3. The fourth-order valence-corrected chi connectivity index (χ4v) is 4.90. The number of hydrogen-bond donors (Lipinski definition) is 3. The summed E-state index contributed by atoms with van der Waals surface area (Å²) in [6, 6.07) is 5.41. The van der Waals surface area contributed by atoms with Crippen molar-refractivity contribution in [1.29, 1.82) is 5.26 Å². The van der Waals surface area contributed by atoms with Gasteiger partial charge in [-0.25, -0.2) is 14.7 Å². The lowest BCUT2D eigenvalue weighted by Crippen LogP contribution is -2.49. The Bertz CT molecular complexity index is 1390. The minimum atomic E-state index is -3.47. The van der Waals surface area contributed by atoms with E-state index in [-0.39, 0.29) is 18.0 Å². The van der Waals surface area contributed by atoms with Gasteiger partial charge in [-0.05, 0) is 32.8 Å². The standard InChI is InChI=1S/C22H27N9O3S/c1-14(2)28-19-9-20(31-21-16(12-27-31)8-15(10-23)11-26-21)25-13-18(19)22(32)29-17-4-6-30(7-5-17)35(33,34)24-3/h8-9,11-14,17,24H,4-7H2,1-3H3,(H,25,28)(H,29,32). The van der Waals surface area contributed by atoms with Gasteiger partial charge in [0.15, 0.2) is 11.5 Å². The van der Waals surface area contributed by atoms with E-state index in [0.29, 0.717) is 59.6 Å². The first-order valence-electron chi connectivity index (χ1n) is 11.2. The van der Waals surface area contributed by atoms with Crippen molar-refractivity contribution < 1.29 is 13.2 Å². The quantitative estimate of drug-likeness (QED) is 0.439. The Morgan fingerprint density at radius 2 is 1.91 bits per heavy atom. The Kier molecular flexibility index (Phi) is 6.97. The van der Waals surface area contributed by atoms with Gasteiger partial charge < -0.3 is 10.6 Å². The van der Waals surface area contributed by atoms with Crippen LogP contribution >= 0.6 is 0 Å². The molecule has 0 aromatic carbocycles. The molecule has 0 bridgehead atoms. The van der Waals surface area contributed by atoms with Crippen molar-refractivity contribution in [3.05, 3.63) is 41.9 Å². The van der Waals surface area contributed by atoms with Gasteiger partial charge in [-0.1, -0.05) is 0 Å². The Labute approximate surface area is 203 Å². The number of fused-ring (bicyclic) bond motifs is 1. The van der Waals surface area contributed by atoms with Crippen LogP contribution in [0.2, 0.25) is 0 Å². The summed E-state index contributed by atoms with van der Waals surface area (Å²) < 4.78 is 29.2. The molecule has 3 aromatic rings. The molecular formula is C22H27N9O3S. The van der Waals surface area contributed by atoms with Crippen molar-refractivity contribution >= 4 is 32.8 Å². The van der Waals surface area contributed by atoms with Gasteiger partial charge in [0, 0.05) is 56.1 Å². The van der Waals surface area contributed by atoms with E-state index in [1.54, 1.807) is 23.0 Å². The molecule has 3 aromatic heterocycles. The second-order valence-electron chi connectivity index (χ2n) is 8.55. The number of pyridine rings is 2. The van der Waals surface area contributed by atoms with E-state index in [2.05, 4.69) is 36.5 Å². The molecular weight excluding hydrogens is 470 g/mol. The molecule has 0 atom stereocenters. The maximum Gasteiger partial charge on any atom is 0.279 e. The highest BCUT2D eigenvalue weighted by atomic mass is 32.2. The fraction of sp³-hybridized carbons (Fsp3) is 0.409. The van der Waals surface area contributed by atoms with E-state index in [4.69, 9.17) is 5.26 Å². The minimum Gasteiger partial charge on any atom is -0.382 e. The molecule has 0 unspecified atom stereocenters. The molecule has 0 spiro atoms. The lowest BCUT2D eigenvalue weighted by molar-refractivity contribution is 0.0924. The Balaban J connectivity index is 1.56. The van der Waals surface area contributed by atoms with E-state index in [1.165, 1.54) is 23.7 Å². The van der Waals surface area contributed by atoms with Gasteiger partial charge in [-0.15, -0.1) is 0 Å². The van der Waals surface area contributed by atoms with Gasteiger partial charge in [0.1, 0.15) is 6.07 Å². The van der Waals surface area contributed by atoms with E-state index < -0.39 is 10.2 Å². The zero-order valence-corrected chi connectivity index (χ0v) is 20.5. The van der Waals surface area contributed by atoms with Crippen LogP contribution in [0.4, 0.5) is 5.69 Å². The highest BCUT2D eigenvalue weighted by Gasteiger charge is 2.28. The van der Waals surface area contributed by atoms with Gasteiger partial charge in [-0.3, -0.25) is 4.79 Å². The molecule has 0 saturated carbocycles. The molecule has 4 heterocycles. The first-order valence-corrected chi connectivity index (χ1v) is 12.7. The van der Waals surface area contributed by atoms with Crippen LogP contribution in [-0.2, 0) is 10.2 Å². The lowest BCUT2D eigenvalue weighted by Gasteiger charge is -2.31. The third-order valence-electron chi connectivity index (χ3n) is 5.72. The molecule has 13 heteroatoms. The van der Waals surface area contributed by atoms with Crippen LogP contribution in [0.15, 0.2) is 30.7 Å². The Morgan fingerprint density at radius 3 is 2.57 bits per heavy atom. The third-order valence-corrected chi connectivity index (χ3v) is 7.28. The zero-order valence-electron chi connectivity index (χ0n) is 19.7. The summed E-state index contributed by atoms with van der Waals surface area (Å²) in [6.45, 7) is 4.59. The van der Waals surface area contributed by atoms with Crippen LogP contribution < -0.4 is 15.4 Å². The summed E-state index contributed by atoms with van der Waals surface area (Å²) in [6.07, 6.45) is 5.61. The second-order valence-corrected chi connectivity index (χ2v) is 10.4. The van der Waals surface area contributed by atoms with Crippen molar-refractivity contribution in [3.63, 3.8) is 0 Å². The molecule has 0 radical (unpaired) electrons. The monoisotopic (exact) mass is 497 g/mol. The lowest BCUT2D eigenvalue weighted by atomic mass is 10.1. The number of nitrogens with zero attached hydrogens (tertiary/aromatic N) is 6. The van der Waals surface area contributed by atoms with Crippen LogP contribution in [0.5, 0.6) is 0 Å². The van der Waals surface area contributed by atoms with Crippen LogP contribution in [0, 0.1) is 11.3 Å². The summed E-state index contributed by atoms with van der Waals surface area (Å²) >= 11 is 0. The Hall–Kier alpha value is -3.60. The SMILES string of the molecule is CNS(=O)(=O)N1CCC(NC(=O)c2cnc(-n3ncc4cc(C#N)cnc43)cc2NC(C)C)CC1. The van der Waals surface area contributed by atoms with Gasteiger partial charge in [0.25, 0.3) is 16.1 Å². The van der Waals surface area contributed by atoms with E-state index in [9.17, 15) is 13.2 Å². The summed E-state index contributed by atoms with van der Waals surface area (Å²) in [5, 5.41) is 20.5. The molecule has 1 saturated heterocycles. The molecule has 35 heavy (non-hydrogen) atoms. The topological polar surface area (TPSA) is 158 Å². The second kappa shape index (κ2) is 9.95. The smallest absolute Gasteiger partial charge is 0.279 e. The molecule has 1 amide bonds.